The second kappa shape index (κ2) is 7.19. The van der Waals surface area contributed by atoms with Crippen molar-refractivity contribution in [3.8, 4) is 23.2 Å². The van der Waals surface area contributed by atoms with E-state index in [-0.39, 0.29) is 13.0 Å². The van der Waals surface area contributed by atoms with Gasteiger partial charge in [0.25, 0.3) is 5.91 Å². The Balaban J connectivity index is 1.65. The molecule has 0 saturated carbocycles. The number of nitrogen functional groups attached to an aromatic ring is 1. The highest BCUT2D eigenvalue weighted by molar-refractivity contribution is 6.59. The Morgan fingerprint density at radius 1 is 1.23 bits per heavy atom. The molecule has 1 saturated heterocycles. The van der Waals surface area contributed by atoms with Crippen LogP contribution in [-0.4, -0.2) is 71.8 Å². The summed E-state index contributed by atoms with van der Waals surface area (Å²) in [5.41, 5.74) is 5.82. The van der Waals surface area contributed by atoms with Gasteiger partial charge in [0.2, 0.25) is 5.60 Å². The highest BCUT2D eigenvalue weighted by Crippen LogP contribution is 2.26. The lowest BCUT2D eigenvalue weighted by Gasteiger charge is -2.34. The Bertz CT molecular complexity index is 1220. The molecule has 7 nitrogen and oxygen atoms in total. The van der Waals surface area contributed by atoms with Gasteiger partial charge in [0.05, 0.1) is 23.5 Å². The summed E-state index contributed by atoms with van der Waals surface area (Å²) in [6.45, 7) is 0.105. The van der Waals surface area contributed by atoms with E-state index in [2.05, 4.69) is 26.8 Å². The molecule has 6 radical (unpaired) electrons. The van der Waals surface area contributed by atoms with Crippen molar-refractivity contribution in [3.05, 3.63) is 48.3 Å². The van der Waals surface area contributed by atoms with Gasteiger partial charge in [-0.2, -0.15) is 0 Å². The first-order valence-corrected chi connectivity index (χ1v) is 9.09. The lowest BCUT2D eigenvalue weighted by Crippen LogP contribution is -2.54. The summed E-state index contributed by atoms with van der Waals surface area (Å²) >= 11 is 0. The van der Waals surface area contributed by atoms with Crippen LogP contribution in [0.1, 0.15) is 12.0 Å². The lowest BCUT2D eigenvalue weighted by atomic mass is 9.48. The molecule has 0 bridgehead atoms. The van der Waals surface area contributed by atoms with Gasteiger partial charge in [-0.3, -0.25) is 4.79 Å². The lowest BCUT2D eigenvalue weighted by molar-refractivity contribution is -0.139. The minimum Gasteiger partial charge on any atom is -0.382 e. The number of fused-ring (bicyclic) bond motifs is 1. The molecule has 1 atom stereocenters. The highest BCUT2D eigenvalue weighted by atomic mass is 16.3. The monoisotopic (exact) mass is 389 g/mol. The van der Waals surface area contributed by atoms with Crippen LogP contribution < -0.4 is 5.73 Å². The van der Waals surface area contributed by atoms with Gasteiger partial charge in [-0.15, -0.1) is 0 Å². The fourth-order valence-corrected chi connectivity index (χ4v) is 3.22. The first kappa shape index (κ1) is 20.0. The van der Waals surface area contributed by atoms with E-state index in [9.17, 15) is 9.90 Å². The standard InChI is InChI=1S/C20H14B3N5O2/c21-20(22,23)28-9-7-19(30,18(28)29)6-4-12-2-1-3-13(10-12)17-26-11-14-5-8-25-16(24)15(14)27-17/h1-3,5,8,10-11,30H,7,9H2,(H2,24,25). The van der Waals surface area contributed by atoms with Crippen molar-refractivity contribution in [1.82, 2.24) is 19.9 Å². The highest BCUT2D eigenvalue weighted by Gasteiger charge is 2.46. The molecule has 1 amide bonds. The summed E-state index contributed by atoms with van der Waals surface area (Å²) in [6, 6.07) is 8.87. The number of aromatic nitrogens is 3. The molecular weight excluding hydrogens is 375 g/mol. The first-order chi connectivity index (χ1) is 14.2. The van der Waals surface area contributed by atoms with Gasteiger partial charge in [-0.05, 0) is 18.2 Å². The van der Waals surface area contributed by atoms with E-state index in [1.165, 1.54) is 0 Å². The Morgan fingerprint density at radius 2 is 2.03 bits per heavy atom. The van der Waals surface area contributed by atoms with Gasteiger partial charge in [-0.25, -0.2) is 15.0 Å². The van der Waals surface area contributed by atoms with Crippen molar-refractivity contribution >= 4 is 46.2 Å². The van der Waals surface area contributed by atoms with E-state index < -0.39 is 16.7 Å². The molecular formula is C20H14B3N5O2. The predicted molar refractivity (Wildman–Crippen MR) is 115 cm³/mol. The minimum absolute atomic E-state index is 0.0476. The number of benzene rings is 1. The third-order valence-corrected chi connectivity index (χ3v) is 4.83. The van der Waals surface area contributed by atoms with Crippen molar-refractivity contribution in [1.29, 1.82) is 0 Å². The summed E-state index contributed by atoms with van der Waals surface area (Å²) in [6.07, 6.45) is 3.31. The van der Waals surface area contributed by atoms with E-state index in [4.69, 9.17) is 29.3 Å². The summed E-state index contributed by atoms with van der Waals surface area (Å²) in [7, 11) is 16.7. The molecule has 1 aliphatic rings. The van der Waals surface area contributed by atoms with Crippen LogP contribution in [0.2, 0.25) is 0 Å². The average molecular weight is 389 g/mol. The molecule has 3 N–H and O–H groups in total. The van der Waals surface area contributed by atoms with Gasteiger partial charge in [0.1, 0.15) is 11.3 Å². The second-order valence-corrected chi connectivity index (χ2v) is 7.11. The number of carbonyl (C=O) groups excluding carboxylic acids is 1. The van der Waals surface area contributed by atoms with Crippen molar-refractivity contribution in [3.63, 3.8) is 0 Å². The summed E-state index contributed by atoms with van der Waals surface area (Å²) in [5, 5.41) is 9.54. The number of aliphatic hydroxyl groups is 1. The number of carbonyl (C=O) groups is 1. The number of hydrogen-bond donors (Lipinski definition) is 2. The van der Waals surface area contributed by atoms with Gasteiger partial charge in [-0.1, -0.05) is 29.2 Å². The van der Waals surface area contributed by atoms with Crippen LogP contribution in [-0.2, 0) is 4.79 Å². The Morgan fingerprint density at radius 3 is 2.77 bits per heavy atom. The fraction of sp³-hybridized carbons (Fsp3) is 0.200. The molecule has 1 unspecified atom stereocenters. The number of hydrogen-bond acceptors (Lipinski definition) is 6. The van der Waals surface area contributed by atoms with Crippen LogP contribution in [0.25, 0.3) is 22.3 Å². The van der Waals surface area contributed by atoms with Crippen molar-refractivity contribution in [2.24, 2.45) is 0 Å². The second-order valence-electron chi connectivity index (χ2n) is 7.11. The van der Waals surface area contributed by atoms with Gasteiger partial charge >= 0.3 is 0 Å². The topological polar surface area (TPSA) is 105 Å². The number of likely N-dealkylation sites (tertiary alicyclic amines) is 1. The number of nitrogens with two attached hydrogens (primary N) is 1. The van der Waals surface area contributed by atoms with Crippen LogP contribution in [0.5, 0.6) is 0 Å². The smallest absolute Gasteiger partial charge is 0.265 e. The third-order valence-electron chi connectivity index (χ3n) is 4.83. The molecule has 1 aliphatic heterocycles. The van der Waals surface area contributed by atoms with Crippen LogP contribution in [0.15, 0.2) is 42.7 Å². The van der Waals surface area contributed by atoms with Crippen LogP contribution >= 0.6 is 0 Å². The molecule has 3 heterocycles. The summed E-state index contributed by atoms with van der Waals surface area (Å²) in [5.74, 6) is 5.49. The fourth-order valence-electron chi connectivity index (χ4n) is 3.22. The Kier molecular flexibility index (Phi) is 4.79. The van der Waals surface area contributed by atoms with E-state index in [0.29, 0.717) is 28.3 Å². The normalized spacial score (nSPS) is 19.0. The zero-order chi connectivity index (χ0) is 21.5. The largest absolute Gasteiger partial charge is 0.382 e. The first-order valence-electron chi connectivity index (χ1n) is 9.09. The quantitative estimate of drug-likeness (QED) is 0.461. The van der Waals surface area contributed by atoms with Gasteiger partial charge < -0.3 is 15.7 Å². The maximum Gasteiger partial charge on any atom is 0.265 e. The Hall–Kier alpha value is -3.31. The molecule has 0 spiro atoms. The summed E-state index contributed by atoms with van der Waals surface area (Å²) < 4.78 is 0. The van der Waals surface area contributed by atoms with E-state index in [1.807, 2.05) is 6.07 Å². The van der Waals surface area contributed by atoms with Crippen LogP contribution in [0, 0.1) is 11.8 Å². The minimum atomic E-state index is -1.90. The number of pyridine rings is 1. The third kappa shape index (κ3) is 3.64. The zero-order valence-corrected chi connectivity index (χ0v) is 15.9. The molecule has 0 aliphatic carbocycles. The molecule has 3 aromatic rings. The maximum atomic E-state index is 12.4. The summed E-state index contributed by atoms with van der Waals surface area (Å²) in [4.78, 5) is 26.3. The molecule has 2 aromatic heterocycles. The van der Waals surface area contributed by atoms with Crippen molar-refractivity contribution in [2.45, 2.75) is 17.3 Å². The van der Waals surface area contributed by atoms with Crippen molar-refractivity contribution in [2.75, 3.05) is 12.3 Å². The Labute approximate surface area is 177 Å². The zero-order valence-electron chi connectivity index (χ0n) is 15.9. The van der Waals surface area contributed by atoms with E-state index in [1.54, 1.807) is 36.7 Å². The van der Waals surface area contributed by atoms with Crippen LogP contribution in [0.3, 0.4) is 0 Å². The average Bonchev–Trinajstić information content (AvgIpc) is 3.02. The molecule has 10 heteroatoms. The molecule has 1 aromatic carbocycles. The van der Waals surface area contributed by atoms with E-state index >= 15 is 0 Å². The van der Waals surface area contributed by atoms with Gasteiger partial charge in [0.15, 0.2) is 5.82 Å². The number of amides is 1. The number of rotatable bonds is 2. The molecule has 30 heavy (non-hydrogen) atoms. The molecule has 1 fully saturated rings. The SMILES string of the molecule is [B]C([B])([B])N1CCC(O)(C#Cc2cccc(-c3ncc4ccnc(N)c4n3)c2)C1=O. The maximum absolute atomic E-state index is 12.4. The number of nitrogens with zero attached hydrogens (tertiary/aromatic N) is 4. The van der Waals surface area contributed by atoms with E-state index in [0.717, 1.165) is 10.3 Å². The molecule has 4 rings (SSSR count). The van der Waals surface area contributed by atoms with Crippen molar-refractivity contribution < 1.29 is 9.90 Å². The molecule has 140 valence electrons. The number of anilines is 1. The predicted octanol–water partition coefficient (Wildman–Crippen LogP) is -0.294. The van der Waals surface area contributed by atoms with Crippen LogP contribution in [0.4, 0.5) is 5.82 Å². The van der Waals surface area contributed by atoms with Gasteiger partial charge in [0, 0.05) is 41.9 Å².